The molecule has 2 saturated heterocycles. The second kappa shape index (κ2) is 11.0. The highest BCUT2D eigenvalue weighted by Crippen LogP contribution is 2.26. The number of carbonyl (C=O) groups is 2. The van der Waals surface area contributed by atoms with E-state index in [4.69, 9.17) is 14.6 Å². The number of amides is 1. The minimum Gasteiger partial charge on any atom is -0.475 e. The number of nitrogens with zero attached hydrogens (tertiary/aromatic N) is 2. The maximum atomic E-state index is 12.3. The van der Waals surface area contributed by atoms with E-state index >= 15 is 0 Å². The number of thiazole rings is 1. The van der Waals surface area contributed by atoms with Gasteiger partial charge in [-0.2, -0.15) is 13.2 Å². The molecule has 2 aliphatic heterocycles. The fourth-order valence-electron chi connectivity index (χ4n) is 3.54. The zero-order valence-corrected chi connectivity index (χ0v) is 17.7. The molecule has 8 nitrogen and oxygen atoms in total. The third-order valence-corrected chi connectivity index (χ3v) is 6.00. The zero-order valence-electron chi connectivity index (χ0n) is 16.9. The monoisotopic (exact) mass is 452 g/mol. The summed E-state index contributed by atoms with van der Waals surface area (Å²) in [6.07, 6.45) is 0.127. The molecule has 0 aromatic carbocycles. The lowest BCUT2D eigenvalue weighted by atomic mass is 10.0. The number of ether oxygens (including phenoxy) is 1. The molecule has 3 atom stereocenters. The molecule has 0 bridgehead atoms. The molecule has 3 N–H and O–H groups in total. The maximum Gasteiger partial charge on any atom is 0.490 e. The highest BCUT2D eigenvalue weighted by atomic mass is 32.1. The molecule has 170 valence electrons. The highest BCUT2D eigenvalue weighted by Gasteiger charge is 2.38. The molecule has 12 heteroatoms. The number of methoxy groups -OCH3 is 1. The van der Waals surface area contributed by atoms with Crippen molar-refractivity contribution in [1.29, 1.82) is 0 Å². The Hall–Kier alpha value is -1.76. The number of likely N-dealkylation sites (tertiary alicyclic amines) is 1. The van der Waals surface area contributed by atoms with E-state index < -0.39 is 12.1 Å². The minimum absolute atomic E-state index is 0.0482. The van der Waals surface area contributed by atoms with Gasteiger partial charge in [-0.05, 0) is 39.3 Å². The first-order valence-electron chi connectivity index (χ1n) is 9.63. The molecular formula is C18H27F3N4O4S. The lowest BCUT2D eigenvalue weighted by molar-refractivity contribution is -0.192. The summed E-state index contributed by atoms with van der Waals surface area (Å²) in [4.78, 5) is 29.2. The first-order valence-corrected chi connectivity index (χ1v) is 10.5. The van der Waals surface area contributed by atoms with Crippen LogP contribution in [0.3, 0.4) is 0 Å². The number of halogens is 3. The molecule has 0 saturated carbocycles. The normalized spacial score (nSPS) is 24.4. The van der Waals surface area contributed by atoms with Crippen molar-refractivity contribution in [2.24, 2.45) is 5.92 Å². The zero-order chi connectivity index (χ0) is 22.3. The van der Waals surface area contributed by atoms with Gasteiger partial charge in [0.2, 0.25) is 5.91 Å². The molecular weight excluding hydrogens is 425 g/mol. The van der Waals surface area contributed by atoms with Crippen LogP contribution in [0.5, 0.6) is 0 Å². The van der Waals surface area contributed by atoms with Crippen molar-refractivity contribution in [3.05, 3.63) is 11.1 Å². The number of carbonyl (C=O) groups excluding carboxylic acids is 1. The van der Waals surface area contributed by atoms with Gasteiger partial charge in [0.05, 0.1) is 12.5 Å². The fraction of sp³-hybridized carbons (Fsp3) is 0.722. The van der Waals surface area contributed by atoms with Crippen molar-refractivity contribution in [3.8, 4) is 0 Å². The number of aliphatic carboxylic acids is 1. The van der Waals surface area contributed by atoms with Crippen LogP contribution in [0.15, 0.2) is 6.20 Å². The van der Waals surface area contributed by atoms with E-state index in [-0.39, 0.29) is 17.9 Å². The lowest BCUT2D eigenvalue weighted by Gasteiger charge is -2.22. The van der Waals surface area contributed by atoms with E-state index in [0.717, 1.165) is 32.7 Å². The van der Waals surface area contributed by atoms with Crippen molar-refractivity contribution >= 4 is 28.3 Å². The van der Waals surface area contributed by atoms with Crippen LogP contribution in [0.1, 0.15) is 31.1 Å². The van der Waals surface area contributed by atoms with Gasteiger partial charge >= 0.3 is 12.1 Å². The van der Waals surface area contributed by atoms with Gasteiger partial charge < -0.3 is 20.5 Å². The Morgan fingerprint density at radius 3 is 2.70 bits per heavy atom. The summed E-state index contributed by atoms with van der Waals surface area (Å²) >= 11 is 1.58. The summed E-state index contributed by atoms with van der Waals surface area (Å²) in [6.45, 7) is 5.77. The predicted octanol–water partition coefficient (Wildman–Crippen LogP) is 2.32. The standard InChI is InChI=1S/C16H26N4O2S.C2HF3O2/c1-11-14(5-6-17-11)15(21)19-16-18-8-13(23-16)9-20-7-3-4-12(20)10-22-2;3-2(4,5)1(6)7/h8,11-12,14,17H,3-7,9-10H2,1-2H3,(H,18,19,21);(H,6,7)/t11-,12+,14-;/m0./s1. The summed E-state index contributed by atoms with van der Waals surface area (Å²) in [6, 6.07) is 0.749. The van der Waals surface area contributed by atoms with E-state index in [0.29, 0.717) is 11.2 Å². The number of anilines is 1. The Bertz CT molecular complexity index is 716. The van der Waals surface area contributed by atoms with Gasteiger partial charge in [0.1, 0.15) is 0 Å². The van der Waals surface area contributed by atoms with Gasteiger partial charge in [-0.25, -0.2) is 9.78 Å². The van der Waals surface area contributed by atoms with Crippen LogP contribution in [0, 0.1) is 5.92 Å². The predicted molar refractivity (Wildman–Crippen MR) is 105 cm³/mol. The number of aromatic nitrogens is 1. The number of rotatable bonds is 6. The average Bonchev–Trinajstić information content (AvgIpc) is 3.38. The fourth-order valence-corrected chi connectivity index (χ4v) is 4.38. The van der Waals surface area contributed by atoms with E-state index in [9.17, 15) is 18.0 Å². The third-order valence-electron chi connectivity index (χ3n) is 5.11. The molecule has 0 unspecified atom stereocenters. The molecule has 30 heavy (non-hydrogen) atoms. The highest BCUT2D eigenvalue weighted by molar-refractivity contribution is 7.15. The summed E-state index contributed by atoms with van der Waals surface area (Å²) in [5.41, 5.74) is 0. The molecule has 2 fully saturated rings. The third kappa shape index (κ3) is 7.18. The average molecular weight is 452 g/mol. The van der Waals surface area contributed by atoms with Crippen LogP contribution >= 0.6 is 11.3 Å². The largest absolute Gasteiger partial charge is 0.490 e. The molecule has 0 aliphatic carbocycles. The molecule has 3 rings (SSSR count). The Kier molecular flexibility index (Phi) is 9.01. The van der Waals surface area contributed by atoms with Gasteiger partial charge in [-0.1, -0.05) is 0 Å². The van der Waals surface area contributed by atoms with Crippen LogP contribution in [0.4, 0.5) is 18.3 Å². The van der Waals surface area contributed by atoms with Crippen LogP contribution in [-0.2, 0) is 20.9 Å². The van der Waals surface area contributed by atoms with Crippen molar-refractivity contribution in [2.45, 2.75) is 51.0 Å². The molecule has 3 heterocycles. The molecule has 1 amide bonds. The molecule has 1 aromatic rings. The smallest absolute Gasteiger partial charge is 0.475 e. The SMILES string of the molecule is COC[C@H]1CCCN1Cc1cnc(NC(=O)[C@H]2CCN[C@H]2C)s1.O=C(O)C(F)(F)F. The molecule has 1 aromatic heterocycles. The second-order valence-corrected chi connectivity index (χ2v) is 8.40. The van der Waals surface area contributed by atoms with Gasteiger partial charge in [-0.3, -0.25) is 9.69 Å². The number of hydrogen-bond donors (Lipinski definition) is 3. The first-order chi connectivity index (χ1) is 14.1. The number of carboxylic acid groups (broad SMARTS) is 1. The van der Waals surface area contributed by atoms with Crippen LogP contribution in [0.25, 0.3) is 0 Å². The topological polar surface area (TPSA) is 104 Å². The van der Waals surface area contributed by atoms with Crippen LogP contribution in [-0.4, -0.2) is 71.9 Å². The summed E-state index contributed by atoms with van der Waals surface area (Å²) < 4.78 is 37.0. The minimum atomic E-state index is -5.08. The maximum absolute atomic E-state index is 12.3. The second-order valence-electron chi connectivity index (χ2n) is 7.28. The van der Waals surface area contributed by atoms with E-state index in [1.165, 1.54) is 17.7 Å². The quantitative estimate of drug-likeness (QED) is 0.609. The Balaban J connectivity index is 0.000000396. The van der Waals surface area contributed by atoms with Crippen molar-refractivity contribution in [1.82, 2.24) is 15.2 Å². The Morgan fingerprint density at radius 2 is 2.13 bits per heavy atom. The molecule has 0 radical (unpaired) electrons. The van der Waals surface area contributed by atoms with E-state index in [1.54, 1.807) is 18.4 Å². The molecule has 0 spiro atoms. The van der Waals surface area contributed by atoms with Gasteiger partial charge in [0.15, 0.2) is 5.13 Å². The van der Waals surface area contributed by atoms with Gasteiger partial charge in [-0.15, -0.1) is 11.3 Å². The van der Waals surface area contributed by atoms with E-state index in [2.05, 4.69) is 27.4 Å². The van der Waals surface area contributed by atoms with E-state index in [1.807, 2.05) is 6.20 Å². The van der Waals surface area contributed by atoms with Crippen LogP contribution < -0.4 is 10.6 Å². The lowest BCUT2D eigenvalue weighted by Crippen LogP contribution is -2.32. The number of nitrogens with one attached hydrogen (secondary N) is 2. The summed E-state index contributed by atoms with van der Waals surface area (Å²) in [7, 11) is 1.76. The summed E-state index contributed by atoms with van der Waals surface area (Å²) in [5, 5.41) is 14.1. The number of hydrogen-bond acceptors (Lipinski definition) is 7. The van der Waals surface area contributed by atoms with Gasteiger partial charge in [0.25, 0.3) is 0 Å². The van der Waals surface area contributed by atoms with Gasteiger partial charge in [0, 0.05) is 36.8 Å². The number of carboxylic acids is 1. The van der Waals surface area contributed by atoms with Crippen molar-refractivity contribution < 1.29 is 32.6 Å². The first kappa shape index (κ1) is 24.5. The van der Waals surface area contributed by atoms with Crippen molar-refractivity contribution in [3.63, 3.8) is 0 Å². The Labute approximate surface area is 176 Å². The Morgan fingerprint density at radius 1 is 1.43 bits per heavy atom. The van der Waals surface area contributed by atoms with Crippen molar-refractivity contribution in [2.75, 3.05) is 32.1 Å². The van der Waals surface area contributed by atoms with Crippen LogP contribution in [0.2, 0.25) is 0 Å². The summed E-state index contributed by atoms with van der Waals surface area (Å²) in [5.74, 6) is -2.62. The molecule has 2 aliphatic rings. The number of alkyl halides is 3.